The topological polar surface area (TPSA) is 46.3 Å². The van der Waals surface area contributed by atoms with Gasteiger partial charge in [0.15, 0.2) is 0 Å². The molecule has 0 aromatic heterocycles. The second-order valence-electron chi connectivity index (χ2n) is 3.95. The molecule has 2 N–H and O–H groups in total. The Labute approximate surface area is 90.4 Å². The predicted molar refractivity (Wildman–Crippen MR) is 61.4 cm³/mol. The van der Waals surface area contributed by atoms with Crippen molar-refractivity contribution in [3.63, 3.8) is 0 Å². The highest BCUT2D eigenvalue weighted by atomic mass is 32.2. The quantitative estimate of drug-likeness (QED) is 0.768. The minimum atomic E-state index is 0.273. The Morgan fingerprint density at radius 3 is 2.50 bits per heavy atom. The number of rotatable bonds is 3. The van der Waals surface area contributed by atoms with Crippen molar-refractivity contribution >= 4 is 17.7 Å². The Hall–Kier alpha value is -0.220. The van der Waals surface area contributed by atoms with Gasteiger partial charge in [0, 0.05) is 30.0 Å². The van der Waals surface area contributed by atoms with E-state index in [0.717, 1.165) is 19.5 Å². The first kappa shape index (κ1) is 11.9. The average molecular weight is 216 g/mol. The van der Waals surface area contributed by atoms with Gasteiger partial charge in [-0.15, -0.1) is 0 Å². The van der Waals surface area contributed by atoms with Gasteiger partial charge < -0.3 is 10.6 Å². The molecule has 0 bridgehead atoms. The van der Waals surface area contributed by atoms with E-state index in [1.165, 1.54) is 0 Å². The first-order valence-electron chi connectivity index (χ1n) is 5.26. The standard InChI is InChI=1S/C10H20N2OS/c1-8-6-12(7-9(2)14-8)10(13)4-3-5-11/h8-9H,3-7,11H2,1-2H3. The Morgan fingerprint density at radius 1 is 1.43 bits per heavy atom. The number of thioether (sulfide) groups is 1. The maximum atomic E-state index is 11.7. The maximum Gasteiger partial charge on any atom is 0.222 e. The summed E-state index contributed by atoms with van der Waals surface area (Å²) < 4.78 is 0. The Bertz CT molecular complexity index is 189. The second-order valence-corrected chi connectivity index (χ2v) is 5.83. The molecule has 14 heavy (non-hydrogen) atoms. The molecule has 0 spiro atoms. The molecule has 1 saturated heterocycles. The highest BCUT2D eigenvalue weighted by Gasteiger charge is 2.24. The highest BCUT2D eigenvalue weighted by molar-refractivity contribution is 8.00. The van der Waals surface area contributed by atoms with Crippen LogP contribution in [-0.2, 0) is 4.79 Å². The molecule has 4 heteroatoms. The molecule has 1 aliphatic rings. The molecule has 1 rings (SSSR count). The molecular weight excluding hydrogens is 196 g/mol. The van der Waals surface area contributed by atoms with E-state index in [-0.39, 0.29) is 5.91 Å². The molecule has 0 aromatic carbocycles. The van der Waals surface area contributed by atoms with Crippen molar-refractivity contribution < 1.29 is 4.79 Å². The SMILES string of the molecule is CC1CN(C(=O)CCCN)CC(C)S1. The minimum Gasteiger partial charge on any atom is -0.341 e. The third-order valence-corrected chi connectivity index (χ3v) is 3.59. The van der Waals surface area contributed by atoms with Crippen molar-refractivity contribution in [2.75, 3.05) is 19.6 Å². The van der Waals surface area contributed by atoms with Crippen LogP contribution in [0.1, 0.15) is 26.7 Å². The van der Waals surface area contributed by atoms with Gasteiger partial charge in [-0.2, -0.15) is 11.8 Å². The van der Waals surface area contributed by atoms with Gasteiger partial charge in [-0.1, -0.05) is 13.8 Å². The van der Waals surface area contributed by atoms with E-state index < -0.39 is 0 Å². The lowest BCUT2D eigenvalue weighted by Gasteiger charge is -2.34. The van der Waals surface area contributed by atoms with Crippen molar-refractivity contribution in [3.05, 3.63) is 0 Å². The van der Waals surface area contributed by atoms with Gasteiger partial charge in [-0.3, -0.25) is 4.79 Å². The summed E-state index contributed by atoms with van der Waals surface area (Å²) in [6.45, 7) is 6.78. The number of nitrogens with zero attached hydrogens (tertiary/aromatic N) is 1. The van der Waals surface area contributed by atoms with Gasteiger partial charge >= 0.3 is 0 Å². The zero-order valence-corrected chi connectivity index (χ0v) is 9.85. The van der Waals surface area contributed by atoms with E-state index in [2.05, 4.69) is 13.8 Å². The summed E-state index contributed by atoms with van der Waals surface area (Å²) >= 11 is 1.97. The number of nitrogens with two attached hydrogens (primary N) is 1. The van der Waals surface area contributed by atoms with Gasteiger partial charge in [0.05, 0.1) is 0 Å². The van der Waals surface area contributed by atoms with Crippen LogP contribution in [0.4, 0.5) is 0 Å². The van der Waals surface area contributed by atoms with E-state index in [1.807, 2.05) is 16.7 Å². The van der Waals surface area contributed by atoms with Gasteiger partial charge in [-0.05, 0) is 13.0 Å². The van der Waals surface area contributed by atoms with Crippen LogP contribution in [0.25, 0.3) is 0 Å². The van der Waals surface area contributed by atoms with Crippen molar-refractivity contribution in [1.82, 2.24) is 4.90 Å². The maximum absolute atomic E-state index is 11.7. The molecule has 2 atom stereocenters. The minimum absolute atomic E-state index is 0.273. The van der Waals surface area contributed by atoms with Crippen LogP contribution in [0.5, 0.6) is 0 Å². The summed E-state index contributed by atoms with van der Waals surface area (Å²) in [5, 5.41) is 1.14. The molecule has 1 fully saturated rings. The molecule has 1 aliphatic heterocycles. The number of hydrogen-bond acceptors (Lipinski definition) is 3. The van der Waals surface area contributed by atoms with Crippen molar-refractivity contribution in [2.24, 2.45) is 5.73 Å². The first-order valence-corrected chi connectivity index (χ1v) is 6.21. The van der Waals surface area contributed by atoms with E-state index >= 15 is 0 Å². The van der Waals surface area contributed by atoms with E-state index in [9.17, 15) is 4.79 Å². The zero-order chi connectivity index (χ0) is 10.6. The largest absolute Gasteiger partial charge is 0.341 e. The van der Waals surface area contributed by atoms with E-state index in [1.54, 1.807) is 0 Å². The van der Waals surface area contributed by atoms with Crippen molar-refractivity contribution in [1.29, 1.82) is 0 Å². The van der Waals surface area contributed by atoms with Crippen LogP contribution >= 0.6 is 11.8 Å². The Morgan fingerprint density at radius 2 is 2.00 bits per heavy atom. The number of amides is 1. The molecular formula is C10H20N2OS. The summed E-state index contributed by atoms with van der Waals surface area (Å²) in [7, 11) is 0. The first-order chi connectivity index (χ1) is 6.63. The summed E-state index contributed by atoms with van der Waals surface area (Å²) in [6, 6.07) is 0. The lowest BCUT2D eigenvalue weighted by Crippen LogP contribution is -2.44. The Kier molecular flexibility index (Phi) is 4.75. The van der Waals surface area contributed by atoms with Crippen molar-refractivity contribution in [3.8, 4) is 0 Å². The monoisotopic (exact) mass is 216 g/mol. The third-order valence-electron chi connectivity index (χ3n) is 2.37. The molecule has 3 nitrogen and oxygen atoms in total. The molecule has 82 valence electrons. The zero-order valence-electron chi connectivity index (χ0n) is 9.03. The van der Waals surface area contributed by atoms with E-state index in [0.29, 0.717) is 23.5 Å². The molecule has 1 heterocycles. The van der Waals surface area contributed by atoms with Gasteiger partial charge in [0.25, 0.3) is 0 Å². The normalized spacial score (nSPS) is 27.8. The lowest BCUT2D eigenvalue weighted by atomic mass is 10.2. The van der Waals surface area contributed by atoms with Gasteiger partial charge in [-0.25, -0.2) is 0 Å². The predicted octanol–water partition coefficient (Wildman–Crippen LogP) is 1.08. The molecule has 0 radical (unpaired) electrons. The van der Waals surface area contributed by atoms with Crippen LogP contribution in [0, 0.1) is 0 Å². The number of carbonyl (C=O) groups excluding carboxylic acids is 1. The fourth-order valence-electron chi connectivity index (χ4n) is 1.79. The summed E-state index contributed by atoms with van der Waals surface area (Å²) in [4.78, 5) is 13.7. The van der Waals surface area contributed by atoms with E-state index in [4.69, 9.17) is 5.73 Å². The second kappa shape index (κ2) is 5.61. The Balaban J connectivity index is 2.38. The fourth-order valence-corrected chi connectivity index (χ4v) is 3.12. The number of carbonyl (C=O) groups is 1. The summed E-state index contributed by atoms with van der Waals surface area (Å²) in [6.07, 6.45) is 1.42. The molecule has 1 amide bonds. The van der Waals surface area contributed by atoms with Crippen LogP contribution in [0.2, 0.25) is 0 Å². The molecule has 0 aromatic rings. The average Bonchev–Trinajstić information content (AvgIpc) is 2.12. The summed E-state index contributed by atoms with van der Waals surface area (Å²) in [5.74, 6) is 0.273. The summed E-state index contributed by atoms with van der Waals surface area (Å²) in [5.41, 5.74) is 5.39. The van der Waals surface area contributed by atoms with Crippen molar-refractivity contribution in [2.45, 2.75) is 37.2 Å². The van der Waals surface area contributed by atoms with Crippen LogP contribution in [0.15, 0.2) is 0 Å². The third kappa shape index (κ3) is 3.50. The van der Waals surface area contributed by atoms with Gasteiger partial charge in [0.2, 0.25) is 5.91 Å². The van der Waals surface area contributed by atoms with Crippen LogP contribution in [-0.4, -0.2) is 40.9 Å². The molecule has 2 unspecified atom stereocenters. The van der Waals surface area contributed by atoms with Crippen LogP contribution in [0.3, 0.4) is 0 Å². The molecule has 0 aliphatic carbocycles. The fraction of sp³-hybridized carbons (Fsp3) is 0.900. The lowest BCUT2D eigenvalue weighted by molar-refractivity contribution is -0.131. The van der Waals surface area contributed by atoms with Crippen LogP contribution < -0.4 is 5.73 Å². The van der Waals surface area contributed by atoms with Gasteiger partial charge in [0.1, 0.15) is 0 Å². The highest BCUT2D eigenvalue weighted by Crippen LogP contribution is 2.24. The number of hydrogen-bond donors (Lipinski definition) is 1. The smallest absolute Gasteiger partial charge is 0.222 e. The molecule has 0 saturated carbocycles.